The number of anilines is 1. The third-order valence-corrected chi connectivity index (χ3v) is 4.99. The van der Waals surface area contributed by atoms with Crippen molar-refractivity contribution in [1.29, 1.82) is 0 Å². The van der Waals surface area contributed by atoms with Crippen molar-refractivity contribution >= 4 is 34.9 Å². The van der Waals surface area contributed by atoms with Crippen molar-refractivity contribution in [2.75, 3.05) is 31.1 Å². The van der Waals surface area contributed by atoms with Gasteiger partial charge in [-0.1, -0.05) is 6.07 Å². The Bertz CT molecular complexity index is 771. The minimum atomic E-state index is -0.679. The number of hydrogen-bond acceptors (Lipinski definition) is 6. The fourth-order valence-electron chi connectivity index (χ4n) is 2.57. The van der Waals surface area contributed by atoms with Gasteiger partial charge in [-0.2, -0.15) is 0 Å². The van der Waals surface area contributed by atoms with Gasteiger partial charge in [-0.3, -0.25) is 10.1 Å². The number of carbonyl (C=O) groups is 3. The fraction of sp³-hybridized carbons (Fsp3) is 0.350. The predicted molar refractivity (Wildman–Crippen MR) is 110 cm³/mol. The van der Waals surface area contributed by atoms with Crippen molar-refractivity contribution in [3.63, 3.8) is 0 Å². The number of esters is 1. The van der Waals surface area contributed by atoms with Gasteiger partial charge in [0.2, 0.25) is 0 Å². The fourth-order valence-corrected chi connectivity index (χ4v) is 3.28. The van der Waals surface area contributed by atoms with Gasteiger partial charge in [-0.25, -0.2) is 9.59 Å². The van der Waals surface area contributed by atoms with Gasteiger partial charge in [0, 0.05) is 30.2 Å². The number of benzene rings is 1. The summed E-state index contributed by atoms with van der Waals surface area (Å²) in [5.41, 5.74) is 1.36. The van der Waals surface area contributed by atoms with Crippen molar-refractivity contribution in [3.8, 4) is 0 Å². The number of nitrogens with one attached hydrogen (secondary N) is 2. The maximum Gasteiger partial charge on any atom is 0.338 e. The van der Waals surface area contributed by atoms with Crippen LogP contribution in [0.4, 0.5) is 10.5 Å². The zero-order valence-corrected chi connectivity index (χ0v) is 16.9. The number of rotatable bonds is 9. The van der Waals surface area contributed by atoms with E-state index in [2.05, 4.69) is 29.4 Å². The molecule has 0 aliphatic heterocycles. The highest BCUT2D eigenvalue weighted by Crippen LogP contribution is 2.15. The summed E-state index contributed by atoms with van der Waals surface area (Å²) >= 11 is 1.60. The van der Waals surface area contributed by atoms with Crippen molar-refractivity contribution in [2.45, 2.75) is 20.3 Å². The van der Waals surface area contributed by atoms with Crippen LogP contribution >= 0.6 is 11.3 Å². The summed E-state index contributed by atoms with van der Waals surface area (Å²) in [6.07, 6.45) is 0.692. The molecule has 2 aromatic rings. The molecule has 0 spiro atoms. The Hall–Kier alpha value is -2.87. The number of thiophene rings is 1. The molecule has 2 N–H and O–H groups in total. The topological polar surface area (TPSA) is 87.7 Å². The molecule has 0 radical (unpaired) electrons. The summed E-state index contributed by atoms with van der Waals surface area (Å²) in [5, 5.41) is 6.69. The first-order valence-electron chi connectivity index (χ1n) is 9.15. The molecule has 0 unspecified atom stereocenters. The van der Waals surface area contributed by atoms with Crippen LogP contribution in [0.3, 0.4) is 0 Å². The van der Waals surface area contributed by atoms with Crippen LogP contribution in [-0.2, 0) is 16.0 Å². The molecular weight excluding hydrogens is 378 g/mol. The van der Waals surface area contributed by atoms with Crippen LogP contribution in [0, 0.1) is 0 Å². The lowest BCUT2D eigenvalue weighted by atomic mass is 10.2. The molecule has 0 aliphatic carbocycles. The average Bonchev–Trinajstić information content (AvgIpc) is 3.21. The van der Waals surface area contributed by atoms with E-state index < -0.39 is 24.5 Å². The lowest BCUT2D eigenvalue weighted by Crippen LogP contribution is -2.42. The summed E-state index contributed by atoms with van der Waals surface area (Å²) in [4.78, 5) is 38.8. The van der Waals surface area contributed by atoms with Gasteiger partial charge in [0.25, 0.3) is 5.91 Å². The molecule has 2 rings (SSSR count). The van der Waals surface area contributed by atoms with E-state index in [0.29, 0.717) is 18.5 Å². The normalized spacial score (nSPS) is 10.2. The molecule has 8 heteroatoms. The van der Waals surface area contributed by atoms with E-state index in [9.17, 15) is 14.4 Å². The lowest BCUT2D eigenvalue weighted by Gasteiger charge is -2.20. The van der Waals surface area contributed by atoms with Crippen molar-refractivity contribution in [1.82, 2.24) is 10.6 Å². The number of ether oxygens (including phenoxy) is 1. The van der Waals surface area contributed by atoms with Crippen molar-refractivity contribution < 1.29 is 19.1 Å². The van der Waals surface area contributed by atoms with Gasteiger partial charge in [0.1, 0.15) is 0 Å². The van der Waals surface area contributed by atoms with Crippen LogP contribution < -0.4 is 15.5 Å². The SMILES string of the molecule is CCN(CC)c1ccc(C(=O)OCC(=O)NC(=O)NCCc2cccs2)cc1. The van der Waals surface area contributed by atoms with E-state index in [1.807, 2.05) is 29.6 Å². The summed E-state index contributed by atoms with van der Waals surface area (Å²) < 4.78 is 4.96. The molecule has 0 bridgehead atoms. The lowest BCUT2D eigenvalue weighted by molar-refractivity contribution is -0.123. The maximum absolute atomic E-state index is 12.0. The Kier molecular flexibility index (Phi) is 8.48. The standard InChI is InChI=1S/C20H25N3O4S/c1-3-23(4-2)16-9-7-15(8-10-16)19(25)27-14-18(24)22-20(26)21-12-11-17-6-5-13-28-17/h5-10,13H,3-4,11-12,14H2,1-2H3,(H2,21,22,24,26). The van der Waals surface area contributed by atoms with E-state index >= 15 is 0 Å². The molecule has 0 saturated heterocycles. The highest BCUT2D eigenvalue weighted by molar-refractivity contribution is 7.09. The highest BCUT2D eigenvalue weighted by Gasteiger charge is 2.13. The molecule has 0 saturated carbocycles. The van der Waals surface area contributed by atoms with E-state index in [1.54, 1.807) is 23.5 Å². The highest BCUT2D eigenvalue weighted by atomic mass is 32.1. The molecule has 0 fully saturated rings. The zero-order chi connectivity index (χ0) is 20.4. The van der Waals surface area contributed by atoms with Crippen molar-refractivity contribution in [3.05, 3.63) is 52.2 Å². The second-order valence-corrected chi connectivity index (χ2v) is 6.96. The summed E-state index contributed by atoms with van der Waals surface area (Å²) in [7, 11) is 0. The van der Waals surface area contributed by atoms with Crippen LogP contribution in [-0.4, -0.2) is 44.1 Å². The second-order valence-electron chi connectivity index (χ2n) is 5.93. The predicted octanol–water partition coefficient (Wildman–Crippen LogP) is 2.82. The zero-order valence-electron chi connectivity index (χ0n) is 16.1. The third-order valence-electron chi connectivity index (χ3n) is 4.06. The third kappa shape index (κ3) is 6.70. The number of carbonyl (C=O) groups excluding carboxylic acids is 3. The quantitative estimate of drug-likeness (QED) is 0.629. The van der Waals surface area contributed by atoms with E-state index in [1.165, 1.54) is 0 Å². The molecule has 0 aliphatic rings. The van der Waals surface area contributed by atoms with Crippen molar-refractivity contribution in [2.24, 2.45) is 0 Å². The molecule has 1 heterocycles. The molecule has 150 valence electrons. The monoisotopic (exact) mass is 403 g/mol. The Balaban J connectivity index is 1.71. The summed E-state index contributed by atoms with van der Waals surface area (Å²) in [5.74, 6) is -1.29. The van der Waals surface area contributed by atoms with E-state index in [-0.39, 0.29) is 0 Å². The van der Waals surface area contributed by atoms with Crippen LogP contribution in [0.2, 0.25) is 0 Å². The molecule has 0 atom stereocenters. The second kappa shape index (κ2) is 11.1. The maximum atomic E-state index is 12.0. The first-order chi connectivity index (χ1) is 13.5. The smallest absolute Gasteiger partial charge is 0.338 e. The van der Waals surface area contributed by atoms with Crippen LogP contribution in [0.1, 0.15) is 29.1 Å². The molecular formula is C20H25N3O4S. The molecule has 1 aromatic carbocycles. The number of nitrogens with zero attached hydrogens (tertiary/aromatic N) is 1. The average molecular weight is 404 g/mol. The number of amides is 3. The van der Waals surface area contributed by atoms with Gasteiger partial charge in [-0.15, -0.1) is 11.3 Å². The van der Waals surface area contributed by atoms with Gasteiger partial charge >= 0.3 is 12.0 Å². The Morgan fingerprint density at radius 1 is 1.07 bits per heavy atom. The van der Waals surface area contributed by atoms with E-state index in [4.69, 9.17) is 4.74 Å². The molecule has 28 heavy (non-hydrogen) atoms. The van der Waals surface area contributed by atoms with Gasteiger partial charge < -0.3 is 15.0 Å². The molecule has 3 amide bonds. The van der Waals surface area contributed by atoms with E-state index in [0.717, 1.165) is 23.7 Å². The first kappa shape index (κ1) is 21.4. The molecule has 1 aromatic heterocycles. The largest absolute Gasteiger partial charge is 0.452 e. The van der Waals surface area contributed by atoms with Gasteiger partial charge in [0.15, 0.2) is 6.61 Å². The number of urea groups is 1. The van der Waals surface area contributed by atoms with Gasteiger partial charge in [-0.05, 0) is 56.0 Å². The van der Waals surface area contributed by atoms with Crippen LogP contribution in [0.5, 0.6) is 0 Å². The molecule has 7 nitrogen and oxygen atoms in total. The Morgan fingerprint density at radius 3 is 2.39 bits per heavy atom. The Morgan fingerprint density at radius 2 is 1.79 bits per heavy atom. The minimum Gasteiger partial charge on any atom is -0.452 e. The van der Waals surface area contributed by atoms with Gasteiger partial charge in [0.05, 0.1) is 5.56 Å². The number of imide groups is 1. The summed E-state index contributed by atoms with van der Waals surface area (Å²) in [6, 6.07) is 10.3. The first-order valence-corrected chi connectivity index (χ1v) is 10.0. The summed E-state index contributed by atoms with van der Waals surface area (Å²) in [6.45, 7) is 5.75. The Labute approximate surface area is 168 Å². The van der Waals surface area contributed by atoms with Crippen LogP contribution in [0.15, 0.2) is 41.8 Å². The minimum absolute atomic E-state index is 0.351. The van der Waals surface area contributed by atoms with Crippen LogP contribution in [0.25, 0.3) is 0 Å². The number of hydrogen-bond donors (Lipinski definition) is 2.